The second kappa shape index (κ2) is 10.6. The van der Waals surface area contributed by atoms with Gasteiger partial charge in [-0.05, 0) is 18.6 Å². The van der Waals surface area contributed by atoms with E-state index in [2.05, 4.69) is 44.4 Å². The zero-order valence-corrected chi connectivity index (χ0v) is 17.3. The lowest BCUT2D eigenvalue weighted by Crippen LogP contribution is -2.48. The summed E-state index contributed by atoms with van der Waals surface area (Å²) >= 11 is 0. The van der Waals surface area contributed by atoms with E-state index in [9.17, 15) is 10.1 Å². The number of hydrogen-bond donors (Lipinski definition) is 2. The third kappa shape index (κ3) is 5.69. The SMILES string of the molecule is CCOc1nc(C(=O)NCCN2CCN(Cc3ccccc3)CC2)cc(N)c1C#N. The average molecular weight is 409 g/mol. The van der Waals surface area contributed by atoms with E-state index in [4.69, 9.17) is 10.5 Å². The maximum absolute atomic E-state index is 12.5. The van der Waals surface area contributed by atoms with Crippen LogP contribution in [0.1, 0.15) is 28.5 Å². The molecule has 1 amide bonds. The van der Waals surface area contributed by atoms with Crippen LogP contribution < -0.4 is 15.8 Å². The van der Waals surface area contributed by atoms with Crippen LogP contribution in [0.25, 0.3) is 0 Å². The van der Waals surface area contributed by atoms with Crippen LogP contribution in [0.3, 0.4) is 0 Å². The Bertz CT molecular complexity index is 888. The summed E-state index contributed by atoms with van der Waals surface area (Å²) in [5.41, 5.74) is 7.71. The summed E-state index contributed by atoms with van der Waals surface area (Å²) in [5, 5.41) is 12.1. The minimum atomic E-state index is -0.324. The molecule has 1 fully saturated rings. The number of nitrogen functional groups attached to an aromatic ring is 1. The van der Waals surface area contributed by atoms with Crippen molar-refractivity contribution in [1.29, 1.82) is 5.26 Å². The topological polar surface area (TPSA) is 108 Å². The molecule has 3 N–H and O–H groups in total. The van der Waals surface area contributed by atoms with E-state index in [-0.39, 0.29) is 28.7 Å². The van der Waals surface area contributed by atoms with E-state index in [1.54, 1.807) is 6.92 Å². The Morgan fingerprint density at radius 1 is 1.23 bits per heavy atom. The Balaban J connectivity index is 1.45. The second-order valence-electron chi connectivity index (χ2n) is 7.18. The van der Waals surface area contributed by atoms with Crippen LogP contribution in [0.2, 0.25) is 0 Å². The van der Waals surface area contributed by atoms with Gasteiger partial charge >= 0.3 is 0 Å². The molecule has 0 aliphatic carbocycles. The predicted molar refractivity (Wildman–Crippen MR) is 115 cm³/mol. The highest BCUT2D eigenvalue weighted by Gasteiger charge is 2.18. The summed E-state index contributed by atoms with van der Waals surface area (Å²) in [6, 6.07) is 13.9. The van der Waals surface area contributed by atoms with Gasteiger partial charge in [0.05, 0.1) is 12.3 Å². The Hall–Kier alpha value is -3.15. The molecule has 0 saturated carbocycles. The van der Waals surface area contributed by atoms with Crippen LogP contribution in [-0.2, 0) is 6.54 Å². The molecular weight excluding hydrogens is 380 g/mol. The Labute approximate surface area is 177 Å². The zero-order valence-electron chi connectivity index (χ0n) is 17.3. The molecule has 0 bridgehead atoms. The number of nitriles is 1. The molecule has 0 radical (unpaired) electrons. The standard InChI is InChI=1S/C22H28N6O2/c1-2-30-22-18(15-23)19(24)14-20(26-22)21(29)25-8-9-27-10-12-28(13-11-27)16-17-6-4-3-5-7-17/h3-7,14H,2,8-13,16H2,1H3,(H2,24,26)(H,25,29). The van der Waals surface area contributed by atoms with Crippen molar-refractivity contribution < 1.29 is 9.53 Å². The first-order chi connectivity index (χ1) is 14.6. The van der Waals surface area contributed by atoms with Crippen LogP contribution in [0.4, 0.5) is 5.69 Å². The summed E-state index contributed by atoms with van der Waals surface area (Å²) < 4.78 is 5.35. The van der Waals surface area contributed by atoms with E-state index < -0.39 is 0 Å². The maximum atomic E-state index is 12.5. The number of anilines is 1. The fourth-order valence-corrected chi connectivity index (χ4v) is 3.44. The highest BCUT2D eigenvalue weighted by Crippen LogP contribution is 2.22. The number of amides is 1. The van der Waals surface area contributed by atoms with Crippen molar-refractivity contribution >= 4 is 11.6 Å². The number of rotatable bonds is 8. The van der Waals surface area contributed by atoms with Gasteiger partial charge in [0.25, 0.3) is 5.91 Å². The zero-order chi connectivity index (χ0) is 21.3. The number of nitrogens with two attached hydrogens (primary N) is 1. The van der Waals surface area contributed by atoms with E-state index in [1.165, 1.54) is 11.6 Å². The molecule has 8 heteroatoms. The minimum absolute atomic E-state index is 0.0969. The van der Waals surface area contributed by atoms with Crippen molar-refractivity contribution in [3.63, 3.8) is 0 Å². The Morgan fingerprint density at radius 2 is 1.93 bits per heavy atom. The van der Waals surface area contributed by atoms with Gasteiger partial charge in [-0.1, -0.05) is 30.3 Å². The first-order valence-electron chi connectivity index (χ1n) is 10.2. The highest BCUT2D eigenvalue weighted by molar-refractivity contribution is 5.93. The lowest BCUT2D eigenvalue weighted by molar-refractivity contribution is 0.0928. The van der Waals surface area contributed by atoms with Crippen LogP contribution in [0, 0.1) is 11.3 Å². The van der Waals surface area contributed by atoms with Gasteiger partial charge in [0.1, 0.15) is 17.3 Å². The van der Waals surface area contributed by atoms with E-state index in [0.717, 1.165) is 39.3 Å². The maximum Gasteiger partial charge on any atom is 0.270 e. The van der Waals surface area contributed by atoms with Crippen LogP contribution in [0.5, 0.6) is 5.88 Å². The second-order valence-corrected chi connectivity index (χ2v) is 7.18. The number of benzene rings is 1. The van der Waals surface area contributed by atoms with Gasteiger partial charge in [0.15, 0.2) is 0 Å². The van der Waals surface area contributed by atoms with Crippen molar-refractivity contribution in [3.05, 3.63) is 53.2 Å². The smallest absolute Gasteiger partial charge is 0.270 e. The summed E-state index contributed by atoms with van der Waals surface area (Å²) in [5.74, 6) is -0.227. The van der Waals surface area contributed by atoms with Crippen molar-refractivity contribution in [2.24, 2.45) is 0 Å². The van der Waals surface area contributed by atoms with E-state index in [0.29, 0.717) is 13.2 Å². The minimum Gasteiger partial charge on any atom is -0.477 e. The normalized spacial score (nSPS) is 14.8. The molecule has 30 heavy (non-hydrogen) atoms. The largest absolute Gasteiger partial charge is 0.477 e. The number of ether oxygens (including phenoxy) is 1. The molecular formula is C22H28N6O2. The van der Waals surface area contributed by atoms with Crippen LogP contribution in [-0.4, -0.2) is 66.6 Å². The molecule has 3 rings (SSSR count). The molecule has 1 aliphatic rings. The van der Waals surface area contributed by atoms with E-state index in [1.807, 2.05) is 12.1 Å². The summed E-state index contributed by atoms with van der Waals surface area (Å²) in [6.07, 6.45) is 0. The van der Waals surface area contributed by atoms with Gasteiger partial charge < -0.3 is 15.8 Å². The van der Waals surface area contributed by atoms with Gasteiger partial charge in [0, 0.05) is 45.8 Å². The molecule has 2 aromatic rings. The molecule has 0 unspecified atom stereocenters. The van der Waals surface area contributed by atoms with Crippen molar-refractivity contribution in [2.45, 2.75) is 13.5 Å². The van der Waals surface area contributed by atoms with E-state index >= 15 is 0 Å². The Kier molecular flexibility index (Phi) is 7.60. The predicted octanol–water partition coefficient (Wildman–Crippen LogP) is 1.48. The summed E-state index contributed by atoms with van der Waals surface area (Å²) in [4.78, 5) is 21.4. The van der Waals surface area contributed by atoms with Gasteiger partial charge in [-0.3, -0.25) is 14.6 Å². The lowest BCUT2D eigenvalue weighted by atomic mass is 10.2. The van der Waals surface area contributed by atoms with Gasteiger partial charge in [-0.15, -0.1) is 0 Å². The van der Waals surface area contributed by atoms with Crippen LogP contribution in [0.15, 0.2) is 36.4 Å². The quantitative estimate of drug-likeness (QED) is 0.681. The van der Waals surface area contributed by atoms with Gasteiger partial charge in [0.2, 0.25) is 5.88 Å². The van der Waals surface area contributed by atoms with Crippen LogP contribution >= 0.6 is 0 Å². The molecule has 158 valence electrons. The third-order valence-corrected chi connectivity index (χ3v) is 5.07. The van der Waals surface area contributed by atoms with Crippen molar-refractivity contribution in [2.75, 3.05) is 51.6 Å². The number of aromatic nitrogens is 1. The fourth-order valence-electron chi connectivity index (χ4n) is 3.44. The number of nitrogens with one attached hydrogen (secondary N) is 1. The number of piperazine rings is 1. The summed E-state index contributed by atoms with van der Waals surface area (Å²) in [6.45, 7) is 8.34. The molecule has 8 nitrogen and oxygen atoms in total. The van der Waals surface area contributed by atoms with Gasteiger partial charge in [-0.25, -0.2) is 4.98 Å². The molecule has 1 aliphatic heterocycles. The number of carbonyl (C=O) groups excluding carboxylic acids is 1. The number of carbonyl (C=O) groups is 1. The first-order valence-corrected chi connectivity index (χ1v) is 10.2. The highest BCUT2D eigenvalue weighted by atomic mass is 16.5. The molecule has 1 aromatic heterocycles. The Morgan fingerprint density at radius 3 is 2.60 bits per heavy atom. The molecule has 1 saturated heterocycles. The average Bonchev–Trinajstić information content (AvgIpc) is 2.75. The number of nitrogens with zero attached hydrogens (tertiary/aromatic N) is 4. The number of hydrogen-bond acceptors (Lipinski definition) is 7. The third-order valence-electron chi connectivity index (χ3n) is 5.07. The molecule has 0 spiro atoms. The van der Waals surface area contributed by atoms with Crippen molar-refractivity contribution in [1.82, 2.24) is 20.1 Å². The first kappa shape index (κ1) is 21.6. The number of pyridine rings is 1. The fraction of sp³-hybridized carbons (Fsp3) is 0.409. The van der Waals surface area contributed by atoms with Gasteiger partial charge in [-0.2, -0.15) is 5.26 Å². The molecule has 0 atom stereocenters. The monoisotopic (exact) mass is 408 g/mol. The lowest BCUT2D eigenvalue weighted by Gasteiger charge is -2.34. The summed E-state index contributed by atoms with van der Waals surface area (Å²) in [7, 11) is 0. The molecule has 1 aromatic carbocycles. The van der Waals surface area contributed by atoms with Crippen molar-refractivity contribution in [3.8, 4) is 11.9 Å². The molecule has 2 heterocycles.